The molecule has 0 saturated carbocycles. The molecule has 0 unspecified atom stereocenters. The van der Waals surface area contributed by atoms with Gasteiger partial charge >= 0.3 is 0 Å². The Morgan fingerprint density at radius 1 is 0.270 bits per heavy atom. The Kier molecular flexibility index (Phi) is 35.9. The molecule has 0 radical (unpaired) electrons. The molecule has 0 aromatic rings. The van der Waals surface area contributed by atoms with E-state index in [9.17, 15) is 4.39 Å². The second kappa shape index (κ2) is 36.0. The topological polar surface area (TPSA) is 102 Å². The summed E-state index contributed by atoms with van der Waals surface area (Å²) in [6, 6.07) is 0. The zero-order chi connectivity index (χ0) is 26.7. The number of ether oxygens (including phenoxy) is 11. The maximum Gasteiger partial charge on any atom is 0.113 e. The minimum atomic E-state index is -0.472. The van der Waals surface area contributed by atoms with Gasteiger partial charge in [0.25, 0.3) is 0 Å². The second-order valence-corrected chi connectivity index (χ2v) is 7.91. The number of rotatable bonds is 34. The molecular formula is C24H48BrFO11. The third-order valence-electron chi connectivity index (χ3n) is 4.16. The van der Waals surface area contributed by atoms with E-state index in [0.29, 0.717) is 139 Å². The van der Waals surface area contributed by atoms with Gasteiger partial charge in [-0.1, -0.05) is 15.9 Å². The van der Waals surface area contributed by atoms with Crippen molar-refractivity contribution in [2.45, 2.75) is 0 Å². The minimum Gasteiger partial charge on any atom is -0.378 e. The molecule has 0 spiro atoms. The van der Waals surface area contributed by atoms with Crippen molar-refractivity contribution in [3.8, 4) is 0 Å². The minimum absolute atomic E-state index is 0.116. The molecule has 0 heterocycles. The Bertz CT molecular complexity index is 370. The molecule has 37 heavy (non-hydrogen) atoms. The van der Waals surface area contributed by atoms with E-state index in [-0.39, 0.29) is 6.61 Å². The summed E-state index contributed by atoms with van der Waals surface area (Å²) in [7, 11) is 0. The van der Waals surface area contributed by atoms with Crippen LogP contribution < -0.4 is 0 Å². The lowest BCUT2D eigenvalue weighted by molar-refractivity contribution is -0.0274. The van der Waals surface area contributed by atoms with Gasteiger partial charge in [-0.3, -0.25) is 0 Å². The molecule has 0 bridgehead atoms. The number of halogens is 2. The molecule has 224 valence electrons. The van der Waals surface area contributed by atoms with Crippen LogP contribution in [0.3, 0.4) is 0 Å². The van der Waals surface area contributed by atoms with Gasteiger partial charge in [0.1, 0.15) is 6.67 Å². The van der Waals surface area contributed by atoms with Crippen molar-refractivity contribution >= 4 is 15.9 Å². The van der Waals surface area contributed by atoms with Gasteiger partial charge < -0.3 is 52.1 Å². The van der Waals surface area contributed by atoms with Crippen molar-refractivity contribution in [3.63, 3.8) is 0 Å². The van der Waals surface area contributed by atoms with E-state index < -0.39 is 6.67 Å². The number of hydrogen-bond acceptors (Lipinski definition) is 11. The van der Waals surface area contributed by atoms with E-state index in [1.54, 1.807) is 0 Å². The lowest BCUT2D eigenvalue weighted by atomic mass is 10.6. The van der Waals surface area contributed by atoms with Gasteiger partial charge in [0.15, 0.2) is 0 Å². The first-order valence-corrected chi connectivity index (χ1v) is 14.0. The van der Waals surface area contributed by atoms with Crippen LogP contribution in [0.4, 0.5) is 4.39 Å². The van der Waals surface area contributed by atoms with Crippen molar-refractivity contribution in [1.29, 1.82) is 0 Å². The summed E-state index contributed by atoms with van der Waals surface area (Å²) in [6.45, 7) is 10.5. The van der Waals surface area contributed by atoms with Crippen LogP contribution in [0.5, 0.6) is 0 Å². The summed E-state index contributed by atoms with van der Waals surface area (Å²) in [5.74, 6) is 0. The fraction of sp³-hybridized carbons (Fsp3) is 1.00. The molecule has 0 aliphatic carbocycles. The molecule has 0 aliphatic rings. The highest BCUT2D eigenvalue weighted by Crippen LogP contribution is 1.87. The van der Waals surface area contributed by atoms with E-state index in [2.05, 4.69) is 15.9 Å². The van der Waals surface area contributed by atoms with Crippen LogP contribution in [0.25, 0.3) is 0 Å². The Labute approximate surface area is 229 Å². The largest absolute Gasteiger partial charge is 0.378 e. The van der Waals surface area contributed by atoms with E-state index in [0.717, 1.165) is 5.33 Å². The summed E-state index contributed by atoms with van der Waals surface area (Å²) < 4.78 is 70.6. The molecule has 0 aromatic carbocycles. The van der Waals surface area contributed by atoms with Crippen molar-refractivity contribution in [3.05, 3.63) is 0 Å². The molecule has 0 N–H and O–H groups in total. The van der Waals surface area contributed by atoms with Crippen molar-refractivity contribution in [2.75, 3.05) is 157 Å². The lowest BCUT2D eigenvalue weighted by Gasteiger charge is -2.09. The SMILES string of the molecule is FCCOCCOCCOCCOCCOCCOCCOCCOCCOCCOCCOCCBr. The van der Waals surface area contributed by atoms with Crippen LogP contribution >= 0.6 is 15.9 Å². The van der Waals surface area contributed by atoms with E-state index in [1.807, 2.05) is 0 Å². The standard InChI is InChI=1S/C24H48BrFO11/c25-1-3-27-5-7-29-9-11-31-13-15-33-17-19-35-21-23-37-24-22-36-20-18-34-16-14-32-12-10-30-8-6-28-4-2-26/h1-24H2. The molecule has 0 amide bonds. The number of alkyl halides is 2. The maximum absolute atomic E-state index is 11.8. The zero-order valence-corrected chi connectivity index (χ0v) is 23.8. The average Bonchev–Trinajstić information content (AvgIpc) is 2.91. The first-order valence-electron chi connectivity index (χ1n) is 12.9. The van der Waals surface area contributed by atoms with Gasteiger partial charge in [-0.05, 0) is 0 Å². The first kappa shape index (κ1) is 37.0. The van der Waals surface area contributed by atoms with Crippen LogP contribution in [-0.2, 0) is 52.1 Å². The third-order valence-corrected chi connectivity index (χ3v) is 4.49. The predicted molar refractivity (Wildman–Crippen MR) is 139 cm³/mol. The molecule has 0 rings (SSSR count). The summed E-state index contributed by atoms with van der Waals surface area (Å²) in [5.41, 5.74) is 0. The summed E-state index contributed by atoms with van der Waals surface area (Å²) in [6.07, 6.45) is 0. The summed E-state index contributed by atoms with van der Waals surface area (Å²) >= 11 is 3.29. The lowest BCUT2D eigenvalue weighted by Crippen LogP contribution is -2.15. The van der Waals surface area contributed by atoms with Gasteiger partial charge in [0, 0.05) is 5.33 Å². The molecular weight excluding hydrogens is 563 g/mol. The predicted octanol–water partition coefficient (Wildman–Crippen LogP) is 1.53. The highest BCUT2D eigenvalue weighted by molar-refractivity contribution is 9.09. The molecule has 0 fully saturated rings. The molecule has 0 aromatic heterocycles. The van der Waals surface area contributed by atoms with Crippen LogP contribution in [0.15, 0.2) is 0 Å². The highest BCUT2D eigenvalue weighted by Gasteiger charge is 1.96. The quantitative estimate of drug-likeness (QED) is 0.0783. The van der Waals surface area contributed by atoms with Crippen LogP contribution in [-0.4, -0.2) is 157 Å². The smallest absolute Gasteiger partial charge is 0.113 e. The van der Waals surface area contributed by atoms with Crippen LogP contribution in [0.1, 0.15) is 0 Å². The monoisotopic (exact) mass is 610 g/mol. The van der Waals surface area contributed by atoms with E-state index in [1.165, 1.54) is 0 Å². The van der Waals surface area contributed by atoms with E-state index in [4.69, 9.17) is 52.1 Å². The highest BCUT2D eigenvalue weighted by atomic mass is 79.9. The fourth-order valence-corrected chi connectivity index (χ4v) is 2.64. The Balaban J connectivity index is 3.00. The Morgan fingerprint density at radius 2 is 0.432 bits per heavy atom. The van der Waals surface area contributed by atoms with Crippen LogP contribution in [0, 0.1) is 0 Å². The average molecular weight is 612 g/mol. The van der Waals surface area contributed by atoms with Crippen molar-refractivity contribution < 1.29 is 56.5 Å². The molecule has 0 atom stereocenters. The molecule has 13 heteroatoms. The molecule has 11 nitrogen and oxygen atoms in total. The van der Waals surface area contributed by atoms with Gasteiger partial charge in [0.2, 0.25) is 0 Å². The second-order valence-electron chi connectivity index (χ2n) is 7.11. The van der Waals surface area contributed by atoms with Gasteiger partial charge in [0.05, 0.1) is 145 Å². The van der Waals surface area contributed by atoms with E-state index >= 15 is 0 Å². The van der Waals surface area contributed by atoms with Crippen molar-refractivity contribution in [2.24, 2.45) is 0 Å². The normalized spacial score (nSPS) is 11.5. The number of hydrogen-bond donors (Lipinski definition) is 0. The van der Waals surface area contributed by atoms with Crippen LogP contribution in [0.2, 0.25) is 0 Å². The Hall–Kier alpha value is -0.0300. The molecule has 0 saturated heterocycles. The fourth-order valence-electron chi connectivity index (χ4n) is 2.41. The van der Waals surface area contributed by atoms with Gasteiger partial charge in [-0.15, -0.1) is 0 Å². The summed E-state index contributed by atoms with van der Waals surface area (Å²) in [5, 5.41) is 0.836. The Morgan fingerprint density at radius 3 is 0.595 bits per heavy atom. The zero-order valence-electron chi connectivity index (χ0n) is 22.2. The van der Waals surface area contributed by atoms with Gasteiger partial charge in [-0.2, -0.15) is 0 Å². The first-order chi connectivity index (χ1) is 18.4. The third kappa shape index (κ3) is 36.0. The van der Waals surface area contributed by atoms with Gasteiger partial charge in [-0.25, -0.2) is 4.39 Å². The van der Waals surface area contributed by atoms with Crippen molar-refractivity contribution in [1.82, 2.24) is 0 Å². The summed E-state index contributed by atoms with van der Waals surface area (Å²) in [4.78, 5) is 0. The molecule has 0 aliphatic heterocycles. The maximum atomic E-state index is 11.8.